The van der Waals surface area contributed by atoms with Crippen molar-refractivity contribution in [1.29, 1.82) is 0 Å². The molecule has 0 amide bonds. The van der Waals surface area contributed by atoms with Crippen molar-refractivity contribution in [3.05, 3.63) is 0 Å². The first kappa shape index (κ1) is 50.8. The number of carbonyl (C=O) groups is 3. The molecule has 1 aliphatic heterocycles. The Labute approximate surface area is 311 Å². The average Bonchev–Trinajstić information content (AvgIpc) is 3.47. The number of ketones is 2. The van der Waals surface area contributed by atoms with E-state index in [9.17, 15) is 14.4 Å². The molecule has 1 heterocycles. The highest BCUT2D eigenvalue weighted by Gasteiger charge is 2.27. The first-order valence-electron chi connectivity index (χ1n) is 21.5. The van der Waals surface area contributed by atoms with Gasteiger partial charge in [0.15, 0.2) is 0 Å². The molecule has 7 heteroatoms. The van der Waals surface area contributed by atoms with Gasteiger partial charge in [0, 0.05) is 44.4 Å². The first-order chi connectivity index (χ1) is 24.4. The number of unbranched alkanes of at least 4 members (excludes halogenated alkanes) is 16. The summed E-state index contributed by atoms with van der Waals surface area (Å²) in [5.41, 5.74) is 0. The molecule has 2 N–H and O–H groups in total. The second kappa shape index (κ2) is 40.5. The number of aliphatic hydroxyl groups excluding tert-OH is 1. The van der Waals surface area contributed by atoms with Crippen LogP contribution in [0.5, 0.6) is 0 Å². The average molecular weight is 711 g/mol. The number of hydrogen-bond donors (Lipinski definition) is 2. The Bertz CT molecular complexity index is 718. The van der Waals surface area contributed by atoms with Crippen LogP contribution >= 0.6 is 0 Å². The van der Waals surface area contributed by atoms with Gasteiger partial charge in [0.05, 0.1) is 13.2 Å². The Morgan fingerprint density at radius 3 is 1.86 bits per heavy atom. The van der Waals surface area contributed by atoms with Gasteiger partial charge >= 0.3 is 0 Å². The predicted octanol–water partition coefficient (Wildman–Crippen LogP) is 10.8. The monoisotopic (exact) mass is 711 g/mol. The van der Waals surface area contributed by atoms with E-state index in [0.29, 0.717) is 49.2 Å². The lowest BCUT2D eigenvalue weighted by atomic mass is 9.89. The summed E-state index contributed by atoms with van der Waals surface area (Å²) in [6, 6.07) is 1.17. The fraction of sp³-hybridized carbons (Fsp3) is 0.930. The summed E-state index contributed by atoms with van der Waals surface area (Å²) in [5, 5.41) is 12.2. The van der Waals surface area contributed by atoms with Crippen LogP contribution in [0.3, 0.4) is 0 Å². The number of likely N-dealkylation sites (tertiary alicyclic amines) is 1. The molecule has 0 aromatic heterocycles. The van der Waals surface area contributed by atoms with Crippen molar-refractivity contribution in [2.24, 2.45) is 5.92 Å². The molecular weight excluding hydrogens is 624 g/mol. The molecule has 1 rings (SSSR count). The minimum absolute atomic E-state index is 0.218. The first-order valence-corrected chi connectivity index (χ1v) is 21.5. The van der Waals surface area contributed by atoms with E-state index < -0.39 is 0 Å². The van der Waals surface area contributed by atoms with Crippen molar-refractivity contribution in [2.75, 3.05) is 32.8 Å². The van der Waals surface area contributed by atoms with Crippen LogP contribution in [0.15, 0.2) is 0 Å². The van der Waals surface area contributed by atoms with Crippen molar-refractivity contribution < 1.29 is 24.2 Å². The number of ether oxygens (including phenoxy) is 1. The molecule has 0 aromatic rings. The Hall–Kier alpha value is -1.31. The van der Waals surface area contributed by atoms with Gasteiger partial charge in [-0.2, -0.15) is 0 Å². The number of nitrogens with zero attached hydrogens (tertiary/aromatic N) is 1. The lowest BCUT2D eigenvalue weighted by molar-refractivity contribution is -0.128. The van der Waals surface area contributed by atoms with E-state index in [0.717, 1.165) is 77.3 Å². The molecule has 2 atom stereocenters. The Morgan fingerprint density at radius 1 is 0.780 bits per heavy atom. The number of Topliss-reactive ketones (excluding diaryl/α,β-unsaturated/α-hetero) is 2. The minimum atomic E-state index is 0.218. The van der Waals surface area contributed by atoms with Crippen molar-refractivity contribution in [1.82, 2.24) is 10.2 Å². The topological polar surface area (TPSA) is 95.9 Å². The van der Waals surface area contributed by atoms with E-state index in [2.05, 4.69) is 31.0 Å². The molecule has 298 valence electrons. The zero-order valence-corrected chi connectivity index (χ0v) is 34.3. The number of hydrogen-bond acceptors (Lipinski definition) is 7. The largest absolute Gasteiger partial charge is 0.468 e. The maximum Gasteiger partial charge on any atom is 0.293 e. The maximum absolute atomic E-state index is 12.5. The van der Waals surface area contributed by atoms with Crippen molar-refractivity contribution >= 4 is 18.0 Å². The van der Waals surface area contributed by atoms with Gasteiger partial charge < -0.3 is 20.0 Å². The van der Waals surface area contributed by atoms with E-state index >= 15 is 0 Å². The molecule has 0 spiro atoms. The quantitative estimate of drug-likeness (QED) is 0.0507. The van der Waals surface area contributed by atoms with Gasteiger partial charge in [-0.15, -0.1) is 0 Å². The van der Waals surface area contributed by atoms with Crippen molar-refractivity contribution in [2.45, 2.75) is 221 Å². The number of nitrogens with one attached hydrogen (secondary N) is 1. The molecule has 1 aliphatic rings. The highest BCUT2D eigenvalue weighted by atomic mass is 16.5. The lowest BCUT2D eigenvalue weighted by Crippen LogP contribution is -2.34. The lowest BCUT2D eigenvalue weighted by Gasteiger charge is -2.20. The van der Waals surface area contributed by atoms with Gasteiger partial charge in [0.1, 0.15) is 11.6 Å². The zero-order chi connectivity index (χ0) is 37.5. The predicted molar refractivity (Wildman–Crippen MR) is 214 cm³/mol. The van der Waals surface area contributed by atoms with Gasteiger partial charge in [-0.3, -0.25) is 14.5 Å². The SMILES string of the molecule is CC.CC(=O)CCCCCN1CC(NCCO)CC1C.CCCCCCCCC(CCCCCCCC)CC(=O)CCCCCCCOC=O. The third-order valence-corrected chi connectivity index (χ3v) is 9.96. The normalized spacial score (nSPS) is 15.7. The summed E-state index contributed by atoms with van der Waals surface area (Å²) in [7, 11) is 0. The second-order valence-corrected chi connectivity index (χ2v) is 14.7. The van der Waals surface area contributed by atoms with Crippen LogP contribution in [0.2, 0.25) is 0 Å². The van der Waals surface area contributed by atoms with Gasteiger partial charge in [-0.05, 0) is 58.4 Å². The summed E-state index contributed by atoms with van der Waals surface area (Å²) in [5.74, 6) is 1.41. The Kier molecular flexibility index (Phi) is 41.1. The summed E-state index contributed by atoms with van der Waals surface area (Å²) in [6.07, 6.45) is 30.8. The highest BCUT2D eigenvalue weighted by Crippen LogP contribution is 2.24. The standard InChI is InChI=1S/C27H52O3.C14H28N2O2.C2H6/c1-3-5-7-9-12-16-20-26(21-17-13-10-8-6-4-2)24-27(29)22-18-14-11-15-19-23-30-25-28;1-12-10-14(15-7-9-17)11-16(12)8-5-3-4-6-13(2)18;1-2/h25-26H,3-24H2,1-2H3;12,14-15,17H,3-11H2,1-2H3;1-2H3. The van der Waals surface area contributed by atoms with E-state index in [4.69, 9.17) is 9.84 Å². The summed E-state index contributed by atoms with van der Waals surface area (Å²) in [4.78, 5) is 35.9. The number of rotatable bonds is 34. The minimum Gasteiger partial charge on any atom is -0.468 e. The van der Waals surface area contributed by atoms with Gasteiger partial charge in [0.2, 0.25) is 0 Å². The fourth-order valence-electron chi connectivity index (χ4n) is 6.98. The van der Waals surface area contributed by atoms with Crippen molar-refractivity contribution in [3.63, 3.8) is 0 Å². The molecule has 0 saturated carbocycles. The Balaban J connectivity index is 0. The van der Waals surface area contributed by atoms with Gasteiger partial charge in [-0.25, -0.2) is 0 Å². The molecule has 0 radical (unpaired) electrons. The molecule has 1 saturated heterocycles. The van der Waals surface area contributed by atoms with E-state index in [1.54, 1.807) is 6.92 Å². The van der Waals surface area contributed by atoms with Crippen LogP contribution in [-0.4, -0.2) is 73.0 Å². The van der Waals surface area contributed by atoms with Crippen molar-refractivity contribution in [3.8, 4) is 0 Å². The zero-order valence-electron chi connectivity index (χ0n) is 34.3. The molecule has 0 aliphatic carbocycles. The maximum atomic E-state index is 12.5. The number of aliphatic hydroxyl groups is 1. The molecule has 1 fully saturated rings. The van der Waals surface area contributed by atoms with E-state index in [1.807, 2.05) is 13.8 Å². The molecular formula is C43H86N2O5. The van der Waals surface area contributed by atoms with Gasteiger partial charge in [-0.1, -0.05) is 143 Å². The number of carbonyl (C=O) groups excluding carboxylic acids is 3. The van der Waals surface area contributed by atoms with Crippen LogP contribution in [0.25, 0.3) is 0 Å². The summed E-state index contributed by atoms with van der Waals surface area (Å²) >= 11 is 0. The highest BCUT2D eigenvalue weighted by molar-refractivity contribution is 5.78. The van der Waals surface area contributed by atoms with Crippen LogP contribution in [0.4, 0.5) is 0 Å². The fourth-order valence-corrected chi connectivity index (χ4v) is 6.98. The second-order valence-electron chi connectivity index (χ2n) is 14.7. The molecule has 0 aromatic carbocycles. The van der Waals surface area contributed by atoms with Crippen LogP contribution in [0, 0.1) is 5.92 Å². The van der Waals surface area contributed by atoms with E-state index in [-0.39, 0.29) is 6.61 Å². The third kappa shape index (κ3) is 35.1. The van der Waals surface area contributed by atoms with Gasteiger partial charge in [0.25, 0.3) is 6.47 Å². The molecule has 50 heavy (non-hydrogen) atoms. The smallest absolute Gasteiger partial charge is 0.293 e. The van der Waals surface area contributed by atoms with Crippen LogP contribution in [-0.2, 0) is 19.1 Å². The van der Waals surface area contributed by atoms with E-state index in [1.165, 1.54) is 103 Å². The summed E-state index contributed by atoms with van der Waals surface area (Å²) in [6.45, 7) is 16.7. The molecule has 0 bridgehead atoms. The molecule has 2 unspecified atom stereocenters. The van der Waals surface area contributed by atoms with Crippen LogP contribution < -0.4 is 5.32 Å². The third-order valence-electron chi connectivity index (χ3n) is 9.96. The van der Waals surface area contributed by atoms with Crippen LogP contribution in [0.1, 0.15) is 208 Å². The summed E-state index contributed by atoms with van der Waals surface area (Å²) < 4.78 is 4.71. The Morgan fingerprint density at radius 2 is 1.30 bits per heavy atom. The molecule has 7 nitrogen and oxygen atoms in total.